The van der Waals surface area contributed by atoms with Gasteiger partial charge in [0.25, 0.3) is 5.91 Å². The molecule has 0 saturated carbocycles. The van der Waals surface area contributed by atoms with E-state index in [9.17, 15) is 9.59 Å². The van der Waals surface area contributed by atoms with Gasteiger partial charge in [-0.1, -0.05) is 6.07 Å². The molecule has 122 valence electrons. The first-order valence-corrected chi connectivity index (χ1v) is 8.03. The number of carbonyl (C=O) groups is 2. The van der Waals surface area contributed by atoms with Crippen LogP contribution in [0.3, 0.4) is 0 Å². The SMILES string of the molecule is C[C@@H](NC(=O)c1cccs1)C(=O)Nc1ccc(-c2nnco2)cc1. The Balaban J connectivity index is 1.59. The average Bonchev–Trinajstić information content (AvgIpc) is 3.29. The lowest BCUT2D eigenvalue weighted by Gasteiger charge is -2.13. The van der Waals surface area contributed by atoms with Gasteiger partial charge in [-0.15, -0.1) is 21.5 Å². The number of thiophene rings is 1. The second-order valence-corrected chi connectivity index (χ2v) is 5.93. The molecule has 0 fully saturated rings. The van der Waals surface area contributed by atoms with Gasteiger partial charge >= 0.3 is 0 Å². The van der Waals surface area contributed by atoms with Gasteiger partial charge in [-0.3, -0.25) is 9.59 Å². The van der Waals surface area contributed by atoms with Crippen LogP contribution >= 0.6 is 11.3 Å². The van der Waals surface area contributed by atoms with E-state index < -0.39 is 6.04 Å². The predicted molar refractivity (Wildman–Crippen MR) is 89.6 cm³/mol. The highest BCUT2D eigenvalue weighted by atomic mass is 32.1. The average molecular weight is 342 g/mol. The molecule has 1 aromatic carbocycles. The number of nitrogens with one attached hydrogen (secondary N) is 2. The molecule has 0 bridgehead atoms. The third kappa shape index (κ3) is 3.66. The first-order chi connectivity index (χ1) is 11.6. The Hall–Kier alpha value is -3.00. The van der Waals surface area contributed by atoms with Gasteiger partial charge in [-0.2, -0.15) is 0 Å². The van der Waals surface area contributed by atoms with E-state index in [1.165, 1.54) is 17.7 Å². The van der Waals surface area contributed by atoms with Crippen molar-refractivity contribution in [3.8, 4) is 11.5 Å². The minimum absolute atomic E-state index is 0.264. The fourth-order valence-electron chi connectivity index (χ4n) is 1.99. The first kappa shape index (κ1) is 15.9. The third-order valence-corrected chi connectivity index (χ3v) is 4.11. The molecule has 7 nitrogen and oxygen atoms in total. The summed E-state index contributed by atoms with van der Waals surface area (Å²) in [5.74, 6) is -0.158. The van der Waals surface area contributed by atoms with E-state index in [4.69, 9.17) is 4.42 Å². The lowest BCUT2D eigenvalue weighted by Crippen LogP contribution is -2.41. The van der Waals surface area contributed by atoms with Crippen molar-refractivity contribution in [2.45, 2.75) is 13.0 Å². The second kappa shape index (κ2) is 7.05. The van der Waals surface area contributed by atoms with Crippen molar-refractivity contribution >= 4 is 28.8 Å². The van der Waals surface area contributed by atoms with Crippen molar-refractivity contribution in [3.05, 3.63) is 53.0 Å². The molecule has 0 spiro atoms. The Labute approximate surface area is 141 Å². The molecule has 3 rings (SSSR count). The van der Waals surface area contributed by atoms with E-state index in [1.54, 1.807) is 43.3 Å². The van der Waals surface area contributed by atoms with Gasteiger partial charge in [0.15, 0.2) is 0 Å². The highest BCUT2D eigenvalue weighted by Crippen LogP contribution is 2.19. The van der Waals surface area contributed by atoms with E-state index >= 15 is 0 Å². The Morgan fingerprint density at radius 1 is 1.21 bits per heavy atom. The zero-order chi connectivity index (χ0) is 16.9. The van der Waals surface area contributed by atoms with E-state index in [-0.39, 0.29) is 11.8 Å². The van der Waals surface area contributed by atoms with Crippen molar-refractivity contribution in [1.29, 1.82) is 0 Å². The quantitative estimate of drug-likeness (QED) is 0.743. The van der Waals surface area contributed by atoms with Crippen LogP contribution in [0.1, 0.15) is 16.6 Å². The number of amides is 2. The highest BCUT2D eigenvalue weighted by Gasteiger charge is 2.17. The molecule has 2 heterocycles. The topological polar surface area (TPSA) is 97.1 Å². The maximum Gasteiger partial charge on any atom is 0.261 e. The summed E-state index contributed by atoms with van der Waals surface area (Å²) in [6.07, 6.45) is 1.25. The van der Waals surface area contributed by atoms with Crippen LogP contribution in [0.5, 0.6) is 0 Å². The van der Waals surface area contributed by atoms with Crippen LogP contribution in [0, 0.1) is 0 Å². The first-order valence-electron chi connectivity index (χ1n) is 7.15. The molecule has 0 aliphatic carbocycles. The number of anilines is 1. The molecule has 0 aliphatic rings. The normalized spacial score (nSPS) is 11.7. The molecule has 24 heavy (non-hydrogen) atoms. The maximum atomic E-state index is 12.2. The van der Waals surface area contributed by atoms with E-state index in [0.29, 0.717) is 16.5 Å². The summed E-state index contributed by atoms with van der Waals surface area (Å²) in [4.78, 5) is 24.7. The van der Waals surface area contributed by atoms with E-state index in [2.05, 4.69) is 20.8 Å². The van der Waals surface area contributed by atoms with Crippen molar-refractivity contribution < 1.29 is 14.0 Å². The van der Waals surface area contributed by atoms with Gasteiger partial charge in [-0.05, 0) is 42.6 Å². The predicted octanol–water partition coefficient (Wildman–Crippen LogP) is 2.56. The number of benzene rings is 1. The third-order valence-electron chi connectivity index (χ3n) is 3.25. The molecule has 2 N–H and O–H groups in total. The smallest absolute Gasteiger partial charge is 0.261 e. The van der Waals surface area contributed by atoms with Crippen molar-refractivity contribution in [1.82, 2.24) is 15.5 Å². The van der Waals surface area contributed by atoms with Gasteiger partial charge in [0, 0.05) is 11.3 Å². The molecule has 8 heteroatoms. The van der Waals surface area contributed by atoms with E-state index in [0.717, 1.165) is 5.56 Å². The fraction of sp³-hybridized carbons (Fsp3) is 0.125. The van der Waals surface area contributed by atoms with E-state index in [1.807, 2.05) is 5.38 Å². The summed E-state index contributed by atoms with van der Waals surface area (Å²) in [6, 6.07) is 9.82. The lowest BCUT2D eigenvalue weighted by atomic mass is 10.2. The minimum Gasteiger partial charge on any atom is -0.423 e. The Morgan fingerprint density at radius 3 is 2.62 bits per heavy atom. The monoisotopic (exact) mass is 342 g/mol. The second-order valence-electron chi connectivity index (χ2n) is 4.98. The number of aromatic nitrogens is 2. The standard InChI is InChI=1S/C16H14N4O3S/c1-10(18-15(22)13-3-2-8-24-13)14(21)19-12-6-4-11(5-7-12)16-20-17-9-23-16/h2-10H,1H3,(H,18,22)(H,19,21)/t10-/m1/s1. The largest absolute Gasteiger partial charge is 0.423 e. The van der Waals surface area contributed by atoms with Gasteiger partial charge < -0.3 is 15.1 Å². The van der Waals surface area contributed by atoms with Crippen molar-refractivity contribution in [2.75, 3.05) is 5.32 Å². The summed E-state index contributed by atoms with van der Waals surface area (Å²) in [7, 11) is 0. The van der Waals surface area contributed by atoms with Crippen molar-refractivity contribution in [3.63, 3.8) is 0 Å². The van der Waals surface area contributed by atoms with Gasteiger partial charge in [0.2, 0.25) is 18.2 Å². The molecule has 0 saturated heterocycles. The Kier molecular flexibility index (Phi) is 4.66. The molecule has 0 radical (unpaired) electrons. The van der Waals surface area contributed by atoms with Crippen LogP contribution in [0.2, 0.25) is 0 Å². The van der Waals surface area contributed by atoms with Crippen LogP contribution in [-0.2, 0) is 4.79 Å². The van der Waals surface area contributed by atoms with Gasteiger partial charge in [0.1, 0.15) is 6.04 Å². The van der Waals surface area contributed by atoms with Crippen molar-refractivity contribution in [2.24, 2.45) is 0 Å². The molecule has 1 atom stereocenters. The summed E-state index contributed by atoms with van der Waals surface area (Å²) in [5, 5.41) is 14.6. The number of carbonyl (C=O) groups excluding carboxylic acids is 2. The van der Waals surface area contributed by atoms with Crippen LogP contribution < -0.4 is 10.6 Å². The number of rotatable bonds is 5. The van der Waals surface area contributed by atoms with Crippen LogP contribution in [0.4, 0.5) is 5.69 Å². The molecule has 2 aromatic heterocycles. The number of nitrogens with zero attached hydrogens (tertiary/aromatic N) is 2. The molecule has 2 amide bonds. The fourth-order valence-corrected chi connectivity index (χ4v) is 2.61. The summed E-state index contributed by atoms with van der Waals surface area (Å²) < 4.78 is 5.10. The zero-order valence-corrected chi connectivity index (χ0v) is 13.5. The minimum atomic E-state index is -0.657. The molecular weight excluding hydrogens is 328 g/mol. The van der Waals surface area contributed by atoms with Crippen LogP contribution in [0.25, 0.3) is 11.5 Å². The highest BCUT2D eigenvalue weighted by molar-refractivity contribution is 7.12. The van der Waals surface area contributed by atoms with Gasteiger partial charge in [-0.25, -0.2) is 0 Å². The maximum absolute atomic E-state index is 12.2. The number of hydrogen-bond acceptors (Lipinski definition) is 6. The molecule has 0 aliphatic heterocycles. The summed E-state index contributed by atoms with van der Waals surface area (Å²) in [5.41, 5.74) is 1.37. The Bertz CT molecular complexity index is 814. The summed E-state index contributed by atoms with van der Waals surface area (Å²) >= 11 is 1.33. The van der Waals surface area contributed by atoms with Crippen LogP contribution in [-0.4, -0.2) is 28.1 Å². The molecule has 3 aromatic rings. The zero-order valence-electron chi connectivity index (χ0n) is 12.7. The summed E-state index contributed by atoms with van der Waals surface area (Å²) in [6.45, 7) is 1.63. The molecule has 0 unspecified atom stereocenters. The number of hydrogen-bond donors (Lipinski definition) is 2. The lowest BCUT2D eigenvalue weighted by molar-refractivity contribution is -0.117. The molecular formula is C16H14N4O3S. The van der Waals surface area contributed by atoms with Gasteiger partial charge in [0.05, 0.1) is 4.88 Å². The van der Waals surface area contributed by atoms with Crippen LogP contribution in [0.15, 0.2) is 52.6 Å². The Morgan fingerprint density at radius 2 is 2.00 bits per heavy atom.